The molecule has 0 aliphatic rings. The van der Waals surface area contributed by atoms with E-state index in [0.717, 1.165) is 11.0 Å². The van der Waals surface area contributed by atoms with Crippen LogP contribution in [-0.4, -0.2) is 24.5 Å². The van der Waals surface area contributed by atoms with Gasteiger partial charge >= 0.3 is 0 Å². The summed E-state index contributed by atoms with van der Waals surface area (Å²) in [4.78, 5) is 23.0. The maximum Gasteiger partial charge on any atom is 0.252 e. The van der Waals surface area contributed by atoms with E-state index in [9.17, 15) is 4.79 Å². The number of para-hydroxylation sites is 2. The average molecular weight is 285 g/mol. The lowest BCUT2D eigenvalue weighted by Crippen LogP contribution is -2.16. The molecule has 0 aliphatic heterocycles. The van der Waals surface area contributed by atoms with Crippen LogP contribution in [0, 0.1) is 0 Å². The van der Waals surface area contributed by atoms with Crippen molar-refractivity contribution in [2.75, 3.05) is 0 Å². The number of rotatable bonds is 3. The zero-order chi connectivity index (χ0) is 14.1. The summed E-state index contributed by atoms with van der Waals surface area (Å²) in [5.74, 6) is 1.16. The third kappa shape index (κ3) is 2.19. The van der Waals surface area contributed by atoms with E-state index in [0.29, 0.717) is 23.1 Å². The zero-order valence-electron chi connectivity index (χ0n) is 10.4. The average Bonchev–Trinajstić information content (AvgIpc) is 2.75. The lowest BCUT2D eigenvalue weighted by Gasteiger charge is -2.06. The minimum atomic E-state index is -0.228. The minimum absolute atomic E-state index is 0.228. The Bertz CT molecular complexity index is 851. The van der Waals surface area contributed by atoms with Crippen LogP contribution in [0.25, 0.3) is 16.9 Å². The number of hydrogen-bond donors (Lipinski definition) is 2. The number of aromatic nitrogens is 4. The van der Waals surface area contributed by atoms with E-state index in [2.05, 4.69) is 15.0 Å². The first kappa shape index (κ1) is 12.5. The third-order valence-corrected chi connectivity index (χ3v) is 3.00. The Morgan fingerprint density at radius 2 is 2.20 bits per heavy atom. The molecule has 0 amide bonds. The number of fused-ring (bicyclic) bond motifs is 1. The Morgan fingerprint density at radius 1 is 1.40 bits per heavy atom. The van der Waals surface area contributed by atoms with Crippen molar-refractivity contribution < 1.29 is 0 Å². The quantitative estimate of drug-likeness (QED) is 0.699. The molecule has 0 radical (unpaired) electrons. The molecule has 0 unspecified atom stereocenters. The van der Waals surface area contributed by atoms with Crippen molar-refractivity contribution in [3.8, 4) is 5.82 Å². The molecule has 0 bridgehead atoms. The van der Waals surface area contributed by atoms with Gasteiger partial charge in [0.2, 0.25) is 0 Å². The predicted molar refractivity (Wildman–Crippen MR) is 80.0 cm³/mol. The molecule has 3 rings (SSSR count). The standard InChI is InChI=1S/C13H11N5OS/c14-10(20)5-12-17-8-3-1-2-4-9(8)18(12)11-6-13(19)16-7-15-11/h1-4,6-7H,5H2,(H2,14,20)(H,15,16,19). The zero-order valence-corrected chi connectivity index (χ0v) is 11.2. The van der Waals surface area contributed by atoms with Crippen molar-refractivity contribution in [2.45, 2.75) is 6.42 Å². The van der Waals surface area contributed by atoms with Crippen LogP contribution in [0.4, 0.5) is 0 Å². The lowest BCUT2D eigenvalue weighted by atomic mass is 10.3. The normalized spacial score (nSPS) is 10.8. The number of imidazole rings is 1. The Labute approximate surface area is 119 Å². The van der Waals surface area contributed by atoms with Gasteiger partial charge in [-0.15, -0.1) is 0 Å². The van der Waals surface area contributed by atoms with Crippen LogP contribution in [0.1, 0.15) is 5.82 Å². The van der Waals surface area contributed by atoms with Crippen molar-refractivity contribution in [1.82, 2.24) is 19.5 Å². The maximum absolute atomic E-state index is 11.5. The van der Waals surface area contributed by atoms with Gasteiger partial charge in [-0.25, -0.2) is 9.97 Å². The summed E-state index contributed by atoms with van der Waals surface area (Å²) in [5.41, 5.74) is 7.05. The van der Waals surface area contributed by atoms with Crippen LogP contribution in [0.3, 0.4) is 0 Å². The Morgan fingerprint density at radius 3 is 2.95 bits per heavy atom. The first-order chi connectivity index (χ1) is 9.65. The second-order valence-corrected chi connectivity index (χ2v) is 4.79. The van der Waals surface area contributed by atoms with Gasteiger partial charge in [-0.3, -0.25) is 9.36 Å². The largest absolute Gasteiger partial charge is 0.393 e. The fraction of sp³-hybridized carbons (Fsp3) is 0.0769. The highest BCUT2D eigenvalue weighted by Crippen LogP contribution is 2.19. The molecule has 0 spiro atoms. The Balaban J connectivity index is 2.31. The van der Waals surface area contributed by atoms with Crippen molar-refractivity contribution in [3.05, 3.63) is 52.8 Å². The van der Waals surface area contributed by atoms with E-state index in [1.165, 1.54) is 12.4 Å². The number of nitrogens with two attached hydrogens (primary N) is 1. The molecular weight excluding hydrogens is 274 g/mol. The van der Waals surface area contributed by atoms with E-state index < -0.39 is 0 Å². The minimum Gasteiger partial charge on any atom is -0.393 e. The van der Waals surface area contributed by atoms with Gasteiger partial charge in [0.05, 0.1) is 28.8 Å². The molecule has 0 fully saturated rings. The van der Waals surface area contributed by atoms with Crippen LogP contribution in [0.2, 0.25) is 0 Å². The molecule has 7 heteroatoms. The molecule has 2 aromatic heterocycles. The van der Waals surface area contributed by atoms with Crippen LogP contribution in [-0.2, 0) is 6.42 Å². The molecule has 20 heavy (non-hydrogen) atoms. The number of thiocarbonyl (C=S) groups is 1. The van der Waals surface area contributed by atoms with Crippen LogP contribution >= 0.6 is 12.2 Å². The van der Waals surface area contributed by atoms with Gasteiger partial charge in [0.25, 0.3) is 5.56 Å². The topological polar surface area (TPSA) is 89.6 Å². The lowest BCUT2D eigenvalue weighted by molar-refractivity contribution is 0.914. The fourth-order valence-electron chi connectivity index (χ4n) is 2.09. The number of hydrogen-bond acceptors (Lipinski definition) is 4. The summed E-state index contributed by atoms with van der Waals surface area (Å²) in [7, 11) is 0. The fourth-order valence-corrected chi connectivity index (χ4v) is 2.22. The number of nitrogens with one attached hydrogen (secondary N) is 1. The van der Waals surface area contributed by atoms with E-state index >= 15 is 0 Å². The van der Waals surface area contributed by atoms with Gasteiger partial charge < -0.3 is 10.7 Å². The molecule has 0 atom stereocenters. The van der Waals surface area contributed by atoms with Crippen molar-refractivity contribution in [3.63, 3.8) is 0 Å². The Hall–Kier alpha value is -2.54. The molecule has 0 saturated carbocycles. The van der Waals surface area contributed by atoms with Gasteiger partial charge in [-0.05, 0) is 12.1 Å². The number of H-pyrrole nitrogens is 1. The SMILES string of the molecule is NC(=S)Cc1nc2ccccc2n1-c1cc(=O)[nH]cn1. The van der Waals surface area contributed by atoms with E-state index in [-0.39, 0.29) is 5.56 Å². The molecule has 1 aromatic carbocycles. The third-order valence-electron chi connectivity index (χ3n) is 2.86. The van der Waals surface area contributed by atoms with Gasteiger partial charge in [0.15, 0.2) is 0 Å². The summed E-state index contributed by atoms with van der Waals surface area (Å²) < 4.78 is 1.80. The second-order valence-electron chi connectivity index (χ2n) is 4.26. The van der Waals surface area contributed by atoms with Gasteiger partial charge in [-0.1, -0.05) is 24.4 Å². The Kier molecular flexibility index (Phi) is 3.03. The molecule has 3 aromatic rings. The van der Waals surface area contributed by atoms with Crippen molar-refractivity contribution in [2.24, 2.45) is 5.73 Å². The molecule has 6 nitrogen and oxygen atoms in total. The first-order valence-corrected chi connectivity index (χ1v) is 6.36. The maximum atomic E-state index is 11.5. The molecule has 3 N–H and O–H groups in total. The van der Waals surface area contributed by atoms with Crippen molar-refractivity contribution >= 4 is 28.2 Å². The first-order valence-electron chi connectivity index (χ1n) is 5.95. The molecule has 0 aliphatic carbocycles. The summed E-state index contributed by atoms with van der Waals surface area (Å²) in [6.07, 6.45) is 1.70. The van der Waals surface area contributed by atoms with Crippen LogP contribution < -0.4 is 11.3 Å². The summed E-state index contributed by atoms with van der Waals surface area (Å²) in [6, 6.07) is 9.02. The highest BCUT2D eigenvalue weighted by Gasteiger charge is 2.13. The van der Waals surface area contributed by atoms with Gasteiger partial charge in [0, 0.05) is 6.07 Å². The predicted octanol–water partition coefficient (Wildman–Crippen LogP) is 0.937. The van der Waals surface area contributed by atoms with E-state index in [1.54, 1.807) is 4.57 Å². The molecular formula is C13H11N5OS. The number of benzene rings is 1. The second kappa shape index (κ2) is 4.86. The number of nitrogens with zero attached hydrogens (tertiary/aromatic N) is 3. The summed E-state index contributed by atoms with van der Waals surface area (Å²) in [5, 5.41) is 0. The van der Waals surface area contributed by atoms with Crippen LogP contribution in [0.15, 0.2) is 41.5 Å². The van der Waals surface area contributed by atoms with E-state index in [1.807, 2.05) is 24.3 Å². The van der Waals surface area contributed by atoms with Gasteiger partial charge in [-0.2, -0.15) is 0 Å². The molecule has 2 heterocycles. The highest BCUT2D eigenvalue weighted by atomic mass is 32.1. The summed E-state index contributed by atoms with van der Waals surface area (Å²) >= 11 is 4.95. The van der Waals surface area contributed by atoms with Crippen molar-refractivity contribution in [1.29, 1.82) is 0 Å². The van der Waals surface area contributed by atoms with E-state index in [4.69, 9.17) is 18.0 Å². The van der Waals surface area contributed by atoms with Crippen LogP contribution in [0.5, 0.6) is 0 Å². The molecule has 0 saturated heterocycles. The van der Waals surface area contributed by atoms with Gasteiger partial charge in [0.1, 0.15) is 11.6 Å². The smallest absolute Gasteiger partial charge is 0.252 e. The highest BCUT2D eigenvalue weighted by molar-refractivity contribution is 7.80. The summed E-state index contributed by atoms with van der Waals surface area (Å²) in [6.45, 7) is 0. The number of aromatic amines is 1. The molecule has 100 valence electrons. The monoisotopic (exact) mass is 285 g/mol.